The van der Waals surface area contributed by atoms with Gasteiger partial charge in [-0.05, 0) is 17.5 Å². The Morgan fingerprint density at radius 2 is 1.75 bits per heavy atom. The fraction of sp³-hybridized carbons (Fsp3) is 0.600. The maximum Gasteiger partial charge on any atom is 0.227 e. The Bertz CT molecular complexity index is 446. The number of carbonyl (C=O) groups is 2. The summed E-state index contributed by atoms with van der Waals surface area (Å²) in [5.41, 5.74) is 1.01. The average molecular weight is 277 g/mol. The summed E-state index contributed by atoms with van der Waals surface area (Å²) in [5.74, 6) is 0.731. The molecule has 1 saturated heterocycles. The number of hydrogen-bond donors (Lipinski definition) is 1. The van der Waals surface area contributed by atoms with Gasteiger partial charge in [0.15, 0.2) is 0 Å². The molecule has 2 rings (SSSR count). The van der Waals surface area contributed by atoms with Gasteiger partial charge >= 0.3 is 0 Å². The molecular formula is C15H23N3O2. The Labute approximate surface area is 119 Å². The van der Waals surface area contributed by atoms with Gasteiger partial charge in [-0.3, -0.25) is 9.59 Å². The van der Waals surface area contributed by atoms with Crippen molar-refractivity contribution in [1.29, 1.82) is 0 Å². The Morgan fingerprint density at radius 3 is 2.25 bits per heavy atom. The van der Waals surface area contributed by atoms with E-state index in [-0.39, 0.29) is 11.8 Å². The minimum atomic E-state index is 0.139. The molecule has 2 amide bonds. The summed E-state index contributed by atoms with van der Waals surface area (Å²) in [7, 11) is 0. The molecule has 0 aliphatic carbocycles. The molecule has 20 heavy (non-hydrogen) atoms. The molecular weight excluding hydrogens is 254 g/mol. The molecule has 1 aromatic heterocycles. The molecule has 2 heterocycles. The van der Waals surface area contributed by atoms with Gasteiger partial charge in [0.2, 0.25) is 11.8 Å². The fourth-order valence-corrected chi connectivity index (χ4v) is 2.44. The third-order valence-corrected chi connectivity index (χ3v) is 3.59. The van der Waals surface area contributed by atoms with Gasteiger partial charge in [-0.25, -0.2) is 0 Å². The molecule has 0 aromatic carbocycles. The normalized spacial score (nSPS) is 15.8. The van der Waals surface area contributed by atoms with Crippen LogP contribution in [-0.2, 0) is 16.0 Å². The first kappa shape index (κ1) is 14.6. The van der Waals surface area contributed by atoms with Crippen LogP contribution >= 0.6 is 0 Å². The number of piperazine rings is 1. The first-order chi connectivity index (χ1) is 9.56. The molecule has 1 fully saturated rings. The second-order valence-corrected chi connectivity index (χ2v) is 5.76. The summed E-state index contributed by atoms with van der Waals surface area (Å²) in [4.78, 5) is 30.8. The Hall–Kier alpha value is -1.78. The van der Waals surface area contributed by atoms with Crippen LogP contribution in [0.25, 0.3) is 0 Å². The summed E-state index contributed by atoms with van der Waals surface area (Å²) < 4.78 is 0. The van der Waals surface area contributed by atoms with E-state index in [1.807, 2.05) is 28.3 Å². The van der Waals surface area contributed by atoms with Crippen LogP contribution in [0.4, 0.5) is 0 Å². The minimum Gasteiger partial charge on any atom is -0.367 e. The van der Waals surface area contributed by atoms with E-state index in [9.17, 15) is 9.59 Å². The number of aromatic nitrogens is 1. The SMILES string of the molecule is CC(C)CC(=O)N1CCN(C(=O)Cc2cc[nH]c2)CC1. The molecule has 1 N–H and O–H groups in total. The van der Waals surface area contributed by atoms with Crippen LogP contribution in [0, 0.1) is 5.92 Å². The zero-order valence-corrected chi connectivity index (χ0v) is 12.3. The molecule has 1 aliphatic heterocycles. The quantitative estimate of drug-likeness (QED) is 0.901. The second kappa shape index (κ2) is 6.59. The van der Waals surface area contributed by atoms with E-state index in [1.54, 1.807) is 0 Å². The smallest absolute Gasteiger partial charge is 0.227 e. The minimum absolute atomic E-state index is 0.139. The lowest BCUT2D eigenvalue weighted by atomic mass is 10.1. The van der Waals surface area contributed by atoms with E-state index in [0.717, 1.165) is 5.56 Å². The highest BCUT2D eigenvalue weighted by Crippen LogP contribution is 2.10. The van der Waals surface area contributed by atoms with E-state index in [1.165, 1.54) is 0 Å². The number of carbonyl (C=O) groups excluding carboxylic acids is 2. The first-order valence-corrected chi connectivity index (χ1v) is 7.23. The van der Waals surface area contributed by atoms with Gasteiger partial charge in [0.1, 0.15) is 0 Å². The van der Waals surface area contributed by atoms with Crippen molar-refractivity contribution in [3.05, 3.63) is 24.0 Å². The van der Waals surface area contributed by atoms with Crippen LogP contribution in [0.15, 0.2) is 18.5 Å². The number of nitrogens with zero attached hydrogens (tertiary/aromatic N) is 2. The van der Waals surface area contributed by atoms with Crippen molar-refractivity contribution in [1.82, 2.24) is 14.8 Å². The third-order valence-electron chi connectivity index (χ3n) is 3.59. The van der Waals surface area contributed by atoms with Crippen molar-refractivity contribution < 1.29 is 9.59 Å². The second-order valence-electron chi connectivity index (χ2n) is 5.76. The van der Waals surface area contributed by atoms with E-state index in [0.29, 0.717) is 44.9 Å². The number of amides is 2. The molecule has 0 atom stereocenters. The van der Waals surface area contributed by atoms with Gasteiger partial charge in [0.05, 0.1) is 6.42 Å². The van der Waals surface area contributed by atoms with Crippen LogP contribution in [0.3, 0.4) is 0 Å². The van der Waals surface area contributed by atoms with Crippen molar-refractivity contribution in [3.8, 4) is 0 Å². The zero-order valence-electron chi connectivity index (χ0n) is 12.3. The lowest BCUT2D eigenvalue weighted by Crippen LogP contribution is -2.51. The molecule has 110 valence electrons. The molecule has 0 bridgehead atoms. The summed E-state index contributed by atoms with van der Waals surface area (Å²) >= 11 is 0. The highest BCUT2D eigenvalue weighted by Gasteiger charge is 2.24. The monoisotopic (exact) mass is 277 g/mol. The largest absolute Gasteiger partial charge is 0.367 e. The van der Waals surface area contributed by atoms with E-state index in [2.05, 4.69) is 18.8 Å². The van der Waals surface area contributed by atoms with Crippen LogP contribution in [0.5, 0.6) is 0 Å². The summed E-state index contributed by atoms with van der Waals surface area (Å²) in [6.45, 7) is 6.71. The van der Waals surface area contributed by atoms with Gasteiger partial charge in [-0.2, -0.15) is 0 Å². The summed E-state index contributed by atoms with van der Waals surface area (Å²) in [6.07, 6.45) is 4.70. The molecule has 1 aromatic rings. The van der Waals surface area contributed by atoms with E-state index in [4.69, 9.17) is 0 Å². The molecule has 0 unspecified atom stereocenters. The molecule has 0 spiro atoms. The van der Waals surface area contributed by atoms with Crippen LogP contribution in [0.1, 0.15) is 25.8 Å². The first-order valence-electron chi connectivity index (χ1n) is 7.23. The van der Waals surface area contributed by atoms with Crippen LogP contribution in [-0.4, -0.2) is 52.8 Å². The van der Waals surface area contributed by atoms with Gasteiger partial charge in [0.25, 0.3) is 0 Å². The molecule has 5 heteroatoms. The van der Waals surface area contributed by atoms with E-state index >= 15 is 0 Å². The van der Waals surface area contributed by atoms with Crippen molar-refractivity contribution in [2.75, 3.05) is 26.2 Å². The average Bonchev–Trinajstić information content (AvgIpc) is 2.91. The molecule has 1 aliphatic rings. The van der Waals surface area contributed by atoms with Gasteiger partial charge in [-0.1, -0.05) is 13.8 Å². The van der Waals surface area contributed by atoms with Crippen molar-refractivity contribution in [3.63, 3.8) is 0 Å². The Morgan fingerprint density at radius 1 is 1.15 bits per heavy atom. The highest BCUT2D eigenvalue weighted by atomic mass is 16.2. The van der Waals surface area contributed by atoms with Crippen molar-refractivity contribution in [2.24, 2.45) is 5.92 Å². The predicted molar refractivity (Wildman–Crippen MR) is 77.1 cm³/mol. The molecule has 0 radical (unpaired) electrons. The number of hydrogen-bond acceptors (Lipinski definition) is 2. The summed E-state index contributed by atoms with van der Waals surface area (Å²) in [5, 5.41) is 0. The third kappa shape index (κ3) is 3.85. The topological polar surface area (TPSA) is 56.4 Å². The molecule has 0 saturated carbocycles. The Kier molecular flexibility index (Phi) is 4.82. The van der Waals surface area contributed by atoms with Crippen molar-refractivity contribution >= 4 is 11.8 Å². The van der Waals surface area contributed by atoms with Gasteiger partial charge in [0, 0.05) is 45.0 Å². The lowest BCUT2D eigenvalue weighted by molar-refractivity contribution is -0.139. The number of H-pyrrole nitrogens is 1. The Balaban J connectivity index is 1.79. The number of aromatic amines is 1. The fourth-order valence-electron chi connectivity index (χ4n) is 2.44. The standard InChI is InChI=1S/C15H23N3O2/c1-12(2)9-14(19)17-5-7-18(8-6-17)15(20)10-13-3-4-16-11-13/h3-4,11-12,16H,5-10H2,1-2H3. The maximum atomic E-state index is 12.1. The highest BCUT2D eigenvalue weighted by molar-refractivity contribution is 5.80. The van der Waals surface area contributed by atoms with E-state index < -0.39 is 0 Å². The van der Waals surface area contributed by atoms with Gasteiger partial charge in [-0.15, -0.1) is 0 Å². The summed E-state index contributed by atoms with van der Waals surface area (Å²) in [6, 6.07) is 1.92. The maximum absolute atomic E-state index is 12.1. The lowest BCUT2D eigenvalue weighted by Gasteiger charge is -2.35. The number of rotatable bonds is 4. The predicted octanol–water partition coefficient (Wildman–Crippen LogP) is 1.27. The molecule has 5 nitrogen and oxygen atoms in total. The van der Waals surface area contributed by atoms with Crippen LogP contribution < -0.4 is 0 Å². The van der Waals surface area contributed by atoms with Gasteiger partial charge < -0.3 is 14.8 Å². The zero-order chi connectivity index (χ0) is 14.5. The van der Waals surface area contributed by atoms with Crippen LogP contribution in [0.2, 0.25) is 0 Å². The number of nitrogens with one attached hydrogen (secondary N) is 1. The van der Waals surface area contributed by atoms with Crippen molar-refractivity contribution in [2.45, 2.75) is 26.7 Å².